The lowest BCUT2D eigenvalue weighted by Gasteiger charge is -2.15. The predicted molar refractivity (Wildman–Crippen MR) is 93.8 cm³/mol. The maximum atomic E-state index is 13.8. The van der Waals surface area contributed by atoms with Crippen LogP contribution >= 0.6 is 22.6 Å². The summed E-state index contributed by atoms with van der Waals surface area (Å²) in [5.41, 5.74) is 0.866. The Morgan fingerprint density at radius 1 is 1.13 bits per heavy atom. The van der Waals surface area contributed by atoms with E-state index in [9.17, 15) is 14.0 Å². The summed E-state index contributed by atoms with van der Waals surface area (Å²) in [6.07, 6.45) is -0.186. The van der Waals surface area contributed by atoms with Gasteiger partial charge in [-0.1, -0.05) is 30.3 Å². The van der Waals surface area contributed by atoms with E-state index in [4.69, 9.17) is 5.11 Å². The summed E-state index contributed by atoms with van der Waals surface area (Å²) in [7, 11) is 0. The molecule has 2 aromatic rings. The molecule has 0 aliphatic carbocycles. The summed E-state index contributed by atoms with van der Waals surface area (Å²) >= 11 is 1.98. The first-order chi connectivity index (χ1) is 11.0. The number of rotatable bonds is 6. The summed E-state index contributed by atoms with van der Waals surface area (Å²) in [6, 6.07) is 13.5. The number of hydrogen-bond donors (Lipinski definition) is 2. The van der Waals surface area contributed by atoms with E-state index in [0.717, 1.165) is 9.13 Å². The lowest BCUT2D eigenvalue weighted by Crippen LogP contribution is -2.18. The van der Waals surface area contributed by atoms with Gasteiger partial charge in [0.2, 0.25) is 5.91 Å². The van der Waals surface area contributed by atoms with Gasteiger partial charge in [-0.15, -0.1) is 0 Å². The van der Waals surface area contributed by atoms with E-state index < -0.39 is 23.6 Å². The number of halogens is 2. The minimum atomic E-state index is -0.980. The van der Waals surface area contributed by atoms with Crippen LogP contribution in [0.5, 0.6) is 0 Å². The first-order valence-electron chi connectivity index (χ1n) is 6.97. The van der Waals surface area contributed by atoms with E-state index in [1.54, 1.807) is 30.3 Å². The zero-order chi connectivity index (χ0) is 16.8. The predicted octanol–water partition coefficient (Wildman–Crippen LogP) is 4.02. The molecule has 2 rings (SSSR count). The summed E-state index contributed by atoms with van der Waals surface area (Å²) < 4.78 is 14.5. The molecule has 2 N–H and O–H groups in total. The van der Waals surface area contributed by atoms with E-state index in [0.29, 0.717) is 0 Å². The third-order valence-corrected chi connectivity index (χ3v) is 4.00. The molecule has 0 bridgehead atoms. The maximum Gasteiger partial charge on any atom is 0.303 e. The molecule has 1 amide bonds. The highest BCUT2D eigenvalue weighted by Crippen LogP contribution is 2.25. The number of carbonyl (C=O) groups excluding carboxylic acids is 1. The van der Waals surface area contributed by atoms with Crippen molar-refractivity contribution in [1.82, 2.24) is 0 Å². The number of carboxylic acids is 1. The van der Waals surface area contributed by atoms with E-state index >= 15 is 0 Å². The third kappa shape index (κ3) is 5.31. The molecule has 0 aliphatic rings. The van der Waals surface area contributed by atoms with Gasteiger partial charge in [-0.2, -0.15) is 0 Å². The van der Waals surface area contributed by atoms with Crippen molar-refractivity contribution in [2.75, 3.05) is 5.32 Å². The Labute approximate surface area is 146 Å². The number of carbonyl (C=O) groups is 2. The maximum absolute atomic E-state index is 13.8. The zero-order valence-corrected chi connectivity index (χ0v) is 14.3. The molecule has 0 unspecified atom stereocenters. The van der Waals surface area contributed by atoms with Gasteiger partial charge >= 0.3 is 5.97 Å². The summed E-state index contributed by atoms with van der Waals surface area (Å²) in [4.78, 5) is 23.2. The lowest BCUT2D eigenvalue weighted by molar-refractivity contribution is -0.137. The molecular formula is C17H15FINO3. The SMILES string of the molecule is O=C(O)C[C@@H](CC(=O)Nc1ccc(I)cc1F)c1ccccc1. The van der Waals surface area contributed by atoms with Gasteiger partial charge in [-0.3, -0.25) is 9.59 Å². The van der Waals surface area contributed by atoms with Crippen molar-refractivity contribution in [3.05, 3.63) is 63.5 Å². The van der Waals surface area contributed by atoms with Crippen molar-refractivity contribution in [2.24, 2.45) is 0 Å². The molecule has 0 heterocycles. The van der Waals surface area contributed by atoms with Crippen LogP contribution in [0, 0.1) is 9.39 Å². The molecular weight excluding hydrogens is 412 g/mol. The monoisotopic (exact) mass is 427 g/mol. The van der Waals surface area contributed by atoms with Gasteiger partial charge in [-0.25, -0.2) is 4.39 Å². The molecule has 6 heteroatoms. The standard InChI is InChI=1S/C17H15FINO3/c18-14-10-13(19)6-7-15(14)20-16(21)8-12(9-17(22)23)11-4-2-1-3-5-11/h1-7,10,12H,8-9H2,(H,20,21)(H,22,23)/t12-/m1/s1. The van der Waals surface area contributed by atoms with Crippen molar-refractivity contribution >= 4 is 40.2 Å². The van der Waals surface area contributed by atoms with Gasteiger partial charge in [0, 0.05) is 15.9 Å². The molecule has 0 aliphatic heterocycles. The Hall–Kier alpha value is -1.96. The lowest BCUT2D eigenvalue weighted by atomic mass is 9.92. The Kier molecular flexibility index (Phi) is 6.09. The van der Waals surface area contributed by atoms with E-state index in [2.05, 4.69) is 5.32 Å². The van der Waals surface area contributed by atoms with Crippen molar-refractivity contribution in [2.45, 2.75) is 18.8 Å². The number of amides is 1. The van der Waals surface area contributed by atoms with Crippen LogP contribution < -0.4 is 5.32 Å². The third-order valence-electron chi connectivity index (χ3n) is 3.33. The van der Waals surface area contributed by atoms with Crippen LogP contribution in [0.1, 0.15) is 24.3 Å². The molecule has 0 spiro atoms. The van der Waals surface area contributed by atoms with Gasteiger partial charge in [0.25, 0.3) is 0 Å². The molecule has 2 aromatic carbocycles. The molecule has 1 atom stereocenters. The Morgan fingerprint density at radius 2 is 1.83 bits per heavy atom. The zero-order valence-electron chi connectivity index (χ0n) is 12.1. The van der Waals surface area contributed by atoms with Crippen LogP contribution in [0.15, 0.2) is 48.5 Å². The highest BCUT2D eigenvalue weighted by molar-refractivity contribution is 14.1. The number of anilines is 1. The number of hydrogen-bond acceptors (Lipinski definition) is 2. The summed E-state index contributed by atoms with van der Waals surface area (Å²) in [5.74, 6) is -2.37. The van der Waals surface area contributed by atoms with E-state index in [-0.39, 0.29) is 18.5 Å². The second-order valence-corrected chi connectivity index (χ2v) is 6.33. The van der Waals surface area contributed by atoms with Gasteiger partial charge in [0.1, 0.15) is 5.82 Å². The van der Waals surface area contributed by atoms with Crippen LogP contribution in [0.25, 0.3) is 0 Å². The summed E-state index contributed by atoms with van der Waals surface area (Å²) in [6.45, 7) is 0. The summed E-state index contributed by atoms with van der Waals surface area (Å²) in [5, 5.41) is 11.5. The van der Waals surface area contributed by atoms with Crippen LogP contribution in [-0.2, 0) is 9.59 Å². The fourth-order valence-electron chi connectivity index (χ4n) is 2.26. The Balaban J connectivity index is 2.09. The number of carboxylic acid groups (broad SMARTS) is 1. The molecule has 0 fully saturated rings. The van der Waals surface area contributed by atoms with Crippen molar-refractivity contribution < 1.29 is 19.1 Å². The van der Waals surface area contributed by atoms with Gasteiger partial charge in [0.15, 0.2) is 0 Å². The Morgan fingerprint density at radius 3 is 2.43 bits per heavy atom. The van der Waals surface area contributed by atoms with Gasteiger partial charge in [0.05, 0.1) is 12.1 Å². The smallest absolute Gasteiger partial charge is 0.303 e. The molecule has 0 saturated heterocycles. The van der Waals surface area contributed by atoms with Crippen LogP contribution in [-0.4, -0.2) is 17.0 Å². The largest absolute Gasteiger partial charge is 0.481 e. The van der Waals surface area contributed by atoms with Crippen molar-refractivity contribution in [1.29, 1.82) is 0 Å². The quantitative estimate of drug-likeness (QED) is 0.685. The molecule has 0 saturated carbocycles. The number of benzene rings is 2. The fourth-order valence-corrected chi connectivity index (χ4v) is 2.71. The molecule has 120 valence electrons. The average molecular weight is 427 g/mol. The number of nitrogens with one attached hydrogen (secondary N) is 1. The molecule has 4 nitrogen and oxygen atoms in total. The average Bonchev–Trinajstić information content (AvgIpc) is 2.50. The van der Waals surface area contributed by atoms with Crippen LogP contribution in [0.4, 0.5) is 10.1 Å². The van der Waals surface area contributed by atoms with E-state index in [1.165, 1.54) is 12.1 Å². The minimum absolute atomic E-state index is 0.0261. The van der Waals surface area contributed by atoms with Crippen molar-refractivity contribution in [3.63, 3.8) is 0 Å². The molecule has 0 aromatic heterocycles. The second-order valence-electron chi connectivity index (χ2n) is 5.08. The normalized spacial score (nSPS) is 11.7. The van der Waals surface area contributed by atoms with E-state index in [1.807, 2.05) is 28.7 Å². The minimum Gasteiger partial charge on any atom is -0.481 e. The highest BCUT2D eigenvalue weighted by atomic mass is 127. The fraction of sp³-hybridized carbons (Fsp3) is 0.176. The highest BCUT2D eigenvalue weighted by Gasteiger charge is 2.20. The first-order valence-corrected chi connectivity index (χ1v) is 8.05. The van der Waals surface area contributed by atoms with Crippen molar-refractivity contribution in [3.8, 4) is 0 Å². The molecule has 0 radical (unpaired) electrons. The molecule has 23 heavy (non-hydrogen) atoms. The van der Waals surface area contributed by atoms with Gasteiger partial charge in [-0.05, 0) is 46.4 Å². The first kappa shape index (κ1) is 17.4. The van der Waals surface area contributed by atoms with Gasteiger partial charge < -0.3 is 10.4 Å². The second kappa shape index (κ2) is 8.05. The Bertz CT molecular complexity index is 706. The van der Waals surface area contributed by atoms with Crippen LogP contribution in [0.3, 0.4) is 0 Å². The van der Waals surface area contributed by atoms with Crippen LogP contribution in [0.2, 0.25) is 0 Å². The topological polar surface area (TPSA) is 66.4 Å². The number of aliphatic carboxylic acids is 1.